The number of carbonyl (C=O) groups excluding carboxylic acids is 1. The summed E-state index contributed by atoms with van der Waals surface area (Å²) in [6.07, 6.45) is -10.3. The molecule has 1 saturated heterocycles. The molecule has 1 aliphatic heterocycles. The molecular formula is C30H34FNO11. The predicted octanol–water partition coefficient (Wildman–Crippen LogP) is 1.68. The molecule has 7 N–H and O–H groups in total. The number of phenols is 1. The third-order valence-electron chi connectivity index (χ3n) is 7.13. The van der Waals surface area contributed by atoms with Gasteiger partial charge in [-0.3, -0.25) is 4.79 Å². The lowest BCUT2D eigenvalue weighted by molar-refractivity contribution is -0.286. The van der Waals surface area contributed by atoms with Crippen LogP contribution in [-0.2, 0) is 19.1 Å². The van der Waals surface area contributed by atoms with Crippen LogP contribution < -0.4 is 0 Å². The van der Waals surface area contributed by atoms with E-state index in [-0.39, 0.29) is 18.2 Å². The molecule has 3 aromatic rings. The molecule has 2 unspecified atom stereocenters. The largest absolute Gasteiger partial charge is 0.508 e. The quantitative estimate of drug-likeness (QED) is 0.166. The van der Waals surface area contributed by atoms with Gasteiger partial charge < -0.3 is 49.8 Å². The van der Waals surface area contributed by atoms with Crippen molar-refractivity contribution in [2.24, 2.45) is 0 Å². The van der Waals surface area contributed by atoms with Gasteiger partial charge in [-0.1, -0.05) is 18.2 Å². The lowest BCUT2D eigenvalue weighted by atomic mass is 9.99. The topological polar surface area (TPSA) is 199 Å². The molecule has 7 atom stereocenters. The van der Waals surface area contributed by atoms with Gasteiger partial charge in [-0.25, -0.2) is 9.18 Å². The molecule has 1 aromatic heterocycles. The molecule has 0 saturated carbocycles. The van der Waals surface area contributed by atoms with Crippen molar-refractivity contribution < 1.29 is 59.2 Å². The van der Waals surface area contributed by atoms with Crippen LogP contribution in [0.15, 0.2) is 48.5 Å². The third-order valence-corrected chi connectivity index (χ3v) is 7.13. The molecule has 232 valence electrons. The first kappa shape index (κ1) is 32.1. The summed E-state index contributed by atoms with van der Waals surface area (Å²) >= 11 is 0. The number of ether oxygens (including phenoxy) is 2. The van der Waals surface area contributed by atoms with Crippen LogP contribution in [0.2, 0.25) is 0 Å². The van der Waals surface area contributed by atoms with E-state index in [4.69, 9.17) is 14.6 Å². The lowest BCUT2D eigenvalue weighted by Crippen LogP contribution is -2.60. The summed E-state index contributed by atoms with van der Waals surface area (Å²) in [5.41, 5.74) is 2.79. The van der Waals surface area contributed by atoms with Gasteiger partial charge in [0.05, 0.1) is 18.6 Å². The molecule has 1 aliphatic rings. The fourth-order valence-electron chi connectivity index (χ4n) is 5.12. The predicted molar refractivity (Wildman–Crippen MR) is 150 cm³/mol. The minimum atomic E-state index is -1.96. The van der Waals surface area contributed by atoms with Gasteiger partial charge in [-0.05, 0) is 55.8 Å². The normalized spacial score (nSPS) is 24.0. The van der Waals surface area contributed by atoms with E-state index in [0.717, 1.165) is 5.52 Å². The van der Waals surface area contributed by atoms with Gasteiger partial charge in [0.2, 0.25) is 6.29 Å². The number of hydrogen-bond donors (Lipinski definition) is 7. The summed E-state index contributed by atoms with van der Waals surface area (Å²) in [5, 5.41) is 70.7. The zero-order valence-electron chi connectivity index (χ0n) is 23.3. The first-order chi connectivity index (χ1) is 20.3. The fourth-order valence-corrected chi connectivity index (χ4v) is 5.12. The molecule has 12 nitrogen and oxygen atoms in total. The van der Waals surface area contributed by atoms with Gasteiger partial charge in [-0.15, -0.1) is 0 Å². The van der Waals surface area contributed by atoms with Gasteiger partial charge in [-0.2, -0.15) is 0 Å². The number of benzene rings is 2. The molecule has 13 heteroatoms. The summed E-state index contributed by atoms with van der Waals surface area (Å²) in [6, 6.07) is 10.7. The highest BCUT2D eigenvalue weighted by molar-refractivity contribution is 6.01. The number of aliphatic hydroxyl groups is 5. The maximum absolute atomic E-state index is 13.7. The number of carboxylic acids is 1. The van der Waals surface area contributed by atoms with Gasteiger partial charge in [0.15, 0.2) is 6.10 Å². The molecule has 0 spiro atoms. The Balaban J connectivity index is 1.50. The standard InChI is InChI=1S/C30H34FNO11/c1-14(2)32-21-9-7-18(34)12-20(21)24(15-3-5-16(31)6-4-15)22(32)10-8-17(33)11-19(35)13-23(36)42-30-27(39)25(37)26(38)28(43-30)29(40)41/h3-10,12,14,17,19,25-28,30,33-35,37-39H,11,13H2,1-2H3,(H,40,41)/b10-8+/t17-,19-,25?,26+,27-,28+,30?/m1/s1. The number of nitrogens with zero attached hydrogens (tertiary/aromatic N) is 1. The average Bonchev–Trinajstić information content (AvgIpc) is 3.25. The summed E-state index contributed by atoms with van der Waals surface area (Å²) in [7, 11) is 0. The second-order valence-corrected chi connectivity index (χ2v) is 10.7. The second kappa shape index (κ2) is 13.2. The van der Waals surface area contributed by atoms with Gasteiger partial charge in [0, 0.05) is 34.6 Å². The number of carbonyl (C=O) groups is 2. The number of aliphatic carboxylic acids is 1. The Morgan fingerprint density at radius 1 is 1.05 bits per heavy atom. The highest BCUT2D eigenvalue weighted by Crippen LogP contribution is 2.39. The van der Waals surface area contributed by atoms with Gasteiger partial charge >= 0.3 is 11.9 Å². The molecular weight excluding hydrogens is 569 g/mol. The molecule has 2 aromatic carbocycles. The van der Waals surface area contributed by atoms with Crippen LogP contribution in [0.1, 0.15) is 38.4 Å². The van der Waals surface area contributed by atoms with Crippen LogP contribution in [0.25, 0.3) is 28.1 Å². The van der Waals surface area contributed by atoms with Crippen molar-refractivity contribution >= 4 is 28.9 Å². The number of aliphatic hydroxyl groups excluding tert-OH is 5. The minimum absolute atomic E-state index is 0.0395. The van der Waals surface area contributed by atoms with Crippen molar-refractivity contribution in [1.82, 2.24) is 4.57 Å². The number of esters is 1. The molecule has 0 amide bonds. The van der Waals surface area contributed by atoms with E-state index >= 15 is 0 Å². The molecule has 0 bridgehead atoms. The Bertz CT molecular complexity index is 1490. The molecule has 0 radical (unpaired) electrons. The number of aromatic nitrogens is 1. The number of aromatic hydroxyl groups is 1. The summed E-state index contributed by atoms with van der Waals surface area (Å²) in [5.74, 6) is -3.14. The fraction of sp³-hybridized carbons (Fsp3) is 0.400. The van der Waals surface area contributed by atoms with Gasteiger partial charge in [0.1, 0.15) is 29.9 Å². The van der Waals surface area contributed by atoms with Crippen LogP contribution in [0.5, 0.6) is 5.75 Å². The summed E-state index contributed by atoms with van der Waals surface area (Å²) in [4.78, 5) is 23.6. The number of carboxylic acid groups (broad SMARTS) is 1. The van der Waals surface area contributed by atoms with Crippen molar-refractivity contribution in [3.05, 3.63) is 60.1 Å². The Labute approximate surface area is 245 Å². The molecule has 1 fully saturated rings. The SMILES string of the molecule is CC(C)n1c(/C=C/[C@@H](O)C[C@@H](O)CC(=O)OC2O[C@H](C(=O)O)[C@@H](O)C(O)[C@H]2O)c(-c2ccc(F)cc2)c2cc(O)ccc21. The Morgan fingerprint density at radius 3 is 2.35 bits per heavy atom. The number of hydrogen-bond acceptors (Lipinski definition) is 10. The van der Waals surface area contributed by atoms with Crippen LogP contribution >= 0.6 is 0 Å². The summed E-state index contributed by atoms with van der Waals surface area (Å²) in [6.45, 7) is 3.91. The number of rotatable bonds is 10. The van der Waals surface area contributed by atoms with E-state index in [1.165, 1.54) is 18.2 Å². The van der Waals surface area contributed by atoms with E-state index in [1.54, 1.807) is 36.4 Å². The van der Waals surface area contributed by atoms with Crippen molar-refractivity contribution in [1.29, 1.82) is 0 Å². The second-order valence-electron chi connectivity index (χ2n) is 10.7. The van der Waals surface area contributed by atoms with E-state index in [0.29, 0.717) is 22.2 Å². The Kier molecular flexibility index (Phi) is 9.85. The Hall–Kier alpha value is -3.85. The lowest BCUT2D eigenvalue weighted by Gasteiger charge is -2.38. The third kappa shape index (κ3) is 7.04. The molecule has 2 heterocycles. The minimum Gasteiger partial charge on any atom is -0.508 e. The first-order valence-corrected chi connectivity index (χ1v) is 13.6. The summed E-state index contributed by atoms with van der Waals surface area (Å²) < 4.78 is 25.5. The van der Waals surface area contributed by atoms with Crippen molar-refractivity contribution in [2.45, 2.75) is 75.6 Å². The highest BCUT2D eigenvalue weighted by atomic mass is 19.1. The van der Waals surface area contributed by atoms with Crippen LogP contribution in [-0.4, -0.2) is 95.2 Å². The van der Waals surface area contributed by atoms with Crippen LogP contribution in [0.4, 0.5) is 4.39 Å². The van der Waals surface area contributed by atoms with Crippen LogP contribution in [0, 0.1) is 5.82 Å². The van der Waals surface area contributed by atoms with Crippen LogP contribution in [0.3, 0.4) is 0 Å². The zero-order chi connectivity index (χ0) is 31.6. The zero-order valence-corrected chi connectivity index (χ0v) is 23.3. The number of fused-ring (bicyclic) bond motifs is 1. The maximum atomic E-state index is 13.7. The van der Waals surface area contributed by atoms with Crippen molar-refractivity contribution in [2.75, 3.05) is 0 Å². The monoisotopic (exact) mass is 603 g/mol. The average molecular weight is 604 g/mol. The van der Waals surface area contributed by atoms with E-state index < -0.39 is 67.1 Å². The smallest absolute Gasteiger partial charge is 0.335 e. The highest BCUT2D eigenvalue weighted by Gasteiger charge is 2.48. The first-order valence-electron chi connectivity index (χ1n) is 13.6. The van der Waals surface area contributed by atoms with Crippen molar-refractivity contribution in [3.63, 3.8) is 0 Å². The van der Waals surface area contributed by atoms with Gasteiger partial charge in [0.25, 0.3) is 0 Å². The molecule has 4 rings (SSSR count). The molecule has 0 aliphatic carbocycles. The van der Waals surface area contributed by atoms with E-state index in [9.17, 15) is 44.6 Å². The number of phenolic OH excluding ortho intramolecular Hbond substituents is 1. The van der Waals surface area contributed by atoms with E-state index in [1.807, 2.05) is 18.4 Å². The molecule has 43 heavy (non-hydrogen) atoms. The van der Waals surface area contributed by atoms with E-state index in [2.05, 4.69) is 0 Å². The van der Waals surface area contributed by atoms with Crippen molar-refractivity contribution in [3.8, 4) is 16.9 Å². The Morgan fingerprint density at radius 2 is 1.72 bits per heavy atom. The number of halogens is 1. The maximum Gasteiger partial charge on any atom is 0.335 e.